The SMILES string of the molecule is CC(=O)c1nn(CC(=O)N2C(C)CC3(CN4CCCC4)CC23)c2ccc(-c3cnc(C)nc3)cc12.Cc1ccc(Br)nc1NC=O. The maximum Gasteiger partial charge on any atom is 0.244 e. The Morgan fingerprint density at radius 1 is 1.07 bits per heavy atom. The van der Waals surface area contributed by atoms with Crippen LogP contribution in [0.4, 0.5) is 5.82 Å². The number of piperidine rings is 1. The number of carbonyl (C=O) groups is 3. The second-order valence-electron chi connectivity index (χ2n) is 12.8. The van der Waals surface area contributed by atoms with Gasteiger partial charge in [-0.1, -0.05) is 12.1 Å². The molecule has 3 aliphatic rings. The van der Waals surface area contributed by atoms with E-state index in [2.05, 4.69) is 58.0 Å². The van der Waals surface area contributed by atoms with E-state index in [0.29, 0.717) is 34.4 Å². The van der Waals surface area contributed by atoms with Crippen molar-refractivity contribution >= 4 is 50.8 Å². The minimum atomic E-state index is -0.111. The molecule has 1 aliphatic carbocycles. The molecular formula is C34H39BrN8O3. The number of rotatable bonds is 8. The molecule has 3 unspecified atom stereocenters. The van der Waals surface area contributed by atoms with Crippen molar-refractivity contribution in [3.05, 3.63) is 64.4 Å². The van der Waals surface area contributed by atoms with Crippen molar-refractivity contribution in [2.24, 2.45) is 5.41 Å². The number of aromatic nitrogens is 5. The van der Waals surface area contributed by atoms with Crippen LogP contribution >= 0.6 is 15.9 Å². The van der Waals surface area contributed by atoms with Gasteiger partial charge in [0.1, 0.15) is 28.5 Å². The second kappa shape index (κ2) is 13.0. The number of anilines is 1. The molecule has 1 saturated carbocycles. The number of aryl methyl sites for hydroxylation is 2. The number of benzene rings is 1. The lowest BCUT2D eigenvalue weighted by molar-refractivity contribution is -0.133. The van der Waals surface area contributed by atoms with E-state index in [1.807, 2.05) is 44.2 Å². The molecule has 11 nitrogen and oxygen atoms in total. The van der Waals surface area contributed by atoms with Crippen LogP contribution in [0.1, 0.15) is 61.4 Å². The van der Waals surface area contributed by atoms with Crippen molar-refractivity contribution < 1.29 is 14.4 Å². The van der Waals surface area contributed by atoms with E-state index in [0.717, 1.165) is 47.0 Å². The molecule has 0 spiro atoms. The summed E-state index contributed by atoms with van der Waals surface area (Å²) in [6.07, 6.45) is 8.96. The molecule has 3 aromatic heterocycles. The summed E-state index contributed by atoms with van der Waals surface area (Å²) in [5.41, 5.74) is 4.22. The van der Waals surface area contributed by atoms with Crippen molar-refractivity contribution in [3.63, 3.8) is 0 Å². The summed E-state index contributed by atoms with van der Waals surface area (Å²) in [7, 11) is 0. The maximum atomic E-state index is 13.5. The number of pyridine rings is 1. The summed E-state index contributed by atoms with van der Waals surface area (Å²) in [4.78, 5) is 53.3. The Balaban J connectivity index is 0.000000288. The highest BCUT2D eigenvalue weighted by Gasteiger charge is 2.65. The van der Waals surface area contributed by atoms with Crippen molar-refractivity contribution in [2.45, 2.75) is 72.0 Å². The molecule has 1 aromatic carbocycles. The van der Waals surface area contributed by atoms with E-state index >= 15 is 0 Å². The van der Waals surface area contributed by atoms with Gasteiger partial charge in [0.2, 0.25) is 12.3 Å². The number of hydrogen-bond donors (Lipinski definition) is 1. The fourth-order valence-corrected chi connectivity index (χ4v) is 7.48. The van der Waals surface area contributed by atoms with E-state index in [9.17, 15) is 14.4 Å². The number of amides is 2. The van der Waals surface area contributed by atoms with Crippen LogP contribution in [0, 0.1) is 19.3 Å². The fourth-order valence-electron chi connectivity index (χ4n) is 7.17. The first-order valence-corrected chi connectivity index (χ1v) is 16.6. The smallest absolute Gasteiger partial charge is 0.244 e. The fraction of sp³-hybridized carbons (Fsp3) is 0.441. The van der Waals surface area contributed by atoms with Crippen LogP contribution in [0.15, 0.2) is 47.3 Å². The molecule has 7 rings (SSSR count). The zero-order valence-electron chi connectivity index (χ0n) is 26.7. The summed E-state index contributed by atoms with van der Waals surface area (Å²) in [6, 6.07) is 10.2. The van der Waals surface area contributed by atoms with Gasteiger partial charge in [-0.15, -0.1) is 0 Å². The van der Waals surface area contributed by atoms with Gasteiger partial charge in [-0.3, -0.25) is 19.1 Å². The van der Waals surface area contributed by atoms with Crippen LogP contribution in [0.25, 0.3) is 22.0 Å². The molecule has 2 amide bonds. The van der Waals surface area contributed by atoms with Gasteiger partial charge in [-0.05, 0) is 105 Å². The number of likely N-dealkylation sites (tertiary alicyclic amines) is 2. The molecule has 240 valence electrons. The summed E-state index contributed by atoms with van der Waals surface area (Å²) in [5.74, 6) is 1.29. The van der Waals surface area contributed by atoms with Crippen LogP contribution in [-0.4, -0.2) is 84.4 Å². The first-order valence-electron chi connectivity index (χ1n) is 15.8. The molecule has 0 radical (unpaired) electrons. The monoisotopic (exact) mass is 686 g/mol. The number of Topliss-reactive ketones (excluding diaryl/α,β-unsaturated/α-hetero) is 1. The van der Waals surface area contributed by atoms with E-state index in [1.54, 1.807) is 17.1 Å². The molecule has 12 heteroatoms. The largest absolute Gasteiger partial charge is 0.335 e. The minimum absolute atomic E-state index is 0.0961. The third-order valence-corrected chi connectivity index (χ3v) is 9.87. The van der Waals surface area contributed by atoms with Gasteiger partial charge in [0.15, 0.2) is 5.78 Å². The molecule has 0 bridgehead atoms. The average Bonchev–Trinajstić information content (AvgIpc) is 3.34. The zero-order valence-corrected chi connectivity index (χ0v) is 28.2. The van der Waals surface area contributed by atoms with Crippen LogP contribution in [0.3, 0.4) is 0 Å². The maximum absolute atomic E-state index is 13.5. The van der Waals surface area contributed by atoms with Crippen molar-refractivity contribution in [3.8, 4) is 11.1 Å². The van der Waals surface area contributed by atoms with Gasteiger partial charge in [-0.25, -0.2) is 15.0 Å². The Morgan fingerprint density at radius 3 is 2.50 bits per heavy atom. The molecule has 2 aliphatic heterocycles. The average molecular weight is 688 g/mol. The summed E-state index contributed by atoms with van der Waals surface area (Å²) < 4.78 is 2.42. The van der Waals surface area contributed by atoms with Crippen LogP contribution < -0.4 is 5.32 Å². The standard InChI is InChI=1S/C27H32N6O2.C7H7BrN2O/c1-17-11-27(16-31-8-4-5-9-31)12-24(27)33(17)25(35)15-32-23-7-6-20(21-13-28-19(3)29-14-21)10-22(23)26(30-32)18(2)34;1-5-2-3-6(8)10-7(5)9-4-11/h6-7,10,13-14,17,24H,4-5,8-9,11-12,15-16H2,1-3H3;2-4H,1H3,(H,9,10,11). The Labute approximate surface area is 276 Å². The lowest BCUT2D eigenvalue weighted by Crippen LogP contribution is -2.39. The van der Waals surface area contributed by atoms with Gasteiger partial charge < -0.3 is 15.1 Å². The summed E-state index contributed by atoms with van der Waals surface area (Å²) in [5, 5.41) is 7.85. The number of nitrogens with one attached hydrogen (secondary N) is 1. The third kappa shape index (κ3) is 6.46. The van der Waals surface area contributed by atoms with E-state index in [-0.39, 0.29) is 29.7 Å². The number of ketones is 1. The highest BCUT2D eigenvalue weighted by Crippen LogP contribution is 2.60. The highest BCUT2D eigenvalue weighted by atomic mass is 79.9. The van der Waals surface area contributed by atoms with Gasteiger partial charge in [0.05, 0.1) is 5.52 Å². The van der Waals surface area contributed by atoms with E-state index in [1.165, 1.54) is 32.9 Å². The lowest BCUT2D eigenvalue weighted by Gasteiger charge is -2.24. The number of hydrogen-bond acceptors (Lipinski definition) is 8. The predicted octanol–water partition coefficient (Wildman–Crippen LogP) is 5.20. The van der Waals surface area contributed by atoms with Crippen molar-refractivity contribution in [1.82, 2.24) is 34.5 Å². The Hall–Kier alpha value is -4.03. The van der Waals surface area contributed by atoms with Crippen LogP contribution in [-0.2, 0) is 16.1 Å². The normalized spacial score (nSPS) is 21.9. The van der Waals surface area contributed by atoms with Gasteiger partial charge in [-0.2, -0.15) is 5.10 Å². The number of fused-ring (bicyclic) bond motifs is 2. The molecule has 4 aromatic rings. The van der Waals surface area contributed by atoms with E-state index in [4.69, 9.17) is 0 Å². The highest BCUT2D eigenvalue weighted by molar-refractivity contribution is 9.10. The molecule has 46 heavy (non-hydrogen) atoms. The molecule has 3 fully saturated rings. The van der Waals surface area contributed by atoms with Gasteiger partial charge in [0.25, 0.3) is 0 Å². The quantitative estimate of drug-likeness (QED) is 0.152. The van der Waals surface area contributed by atoms with Gasteiger partial charge >= 0.3 is 0 Å². The Morgan fingerprint density at radius 2 is 1.80 bits per heavy atom. The molecular weight excluding hydrogens is 648 g/mol. The van der Waals surface area contributed by atoms with Crippen molar-refractivity contribution in [1.29, 1.82) is 0 Å². The Bertz CT molecular complexity index is 1790. The predicted molar refractivity (Wildman–Crippen MR) is 179 cm³/mol. The van der Waals surface area contributed by atoms with Crippen molar-refractivity contribution in [2.75, 3.05) is 25.0 Å². The third-order valence-electron chi connectivity index (χ3n) is 9.43. The number of carbonyl (C=O) groups excluding carboxylic acids is 3. The van der Waals surface area contributed by atoms with E-state index < -0.39 is 0 Å². The molecule has 3 atom stereocenters. The van der Waals surface area contributed by atoms with Crippen LogP contribution in [0.2, 0.25) is 0 Å². The topological polar surface area (TPSA) is 126 Å². The van der Waals surface area contributed by atoms with Crippen LogP contribution in [0.5, 0.6) is 0 Å². The molecule has 1 N–H and O–H groups in total. The number of halogens is 1. The molecule has 5 heterocycles. The summed E-state index contributed by atoms with van der Waals surface area (Å²) in [6.45, 7) is 11.1. The first kappa shape index (κ1) is 31.9. The first-order chi connectivity index (χ1) is 22.1. The van der Waals surface area contributed by atoms with Gasteiger partial charge in [0, 0.05) is 54.3 Å². The molecule has 2 saturated heterocycles. The Kier molecular flexibility index (Phi) is 9.02. The lowest BCUT2D eigenvalue weighted by atomic mass is 10.00. The second-order valence-corrected chi connectivity index (χ2v) is 13.6. The number of nitrogens with zero attached hydrogens (tertiary/aromatic N) is 7. The minimum Gasteiger partial charge on any atom is -0.335 e. The zero-order chi connectivity index (χ0) is 32.6. The summed E-state index contributed by atoms with van der Waals surface area (Å²) >= 11 is 3.20.